The van der Waals surface area contributed by atoms with Gasteiger partial charge in [-0.05, 0) is 31.3 Å². The predicted molar refractivity (Wildman–Crippen MR) is 71.6 cm³/mol. The molecule has 0 unspecified atom stereocenters. The van der Waals surface area contributed by atoms with Gasteiger partial charge in [0, 0.05) is 13.7 Å². The molecule has 0 heterocycles. The summed E-state index contributed by atoms with van der Waals surface area (Å²) in [7, 11) is 0.254. The van der Waals surface area contributed by atoms with Gasteiger partial charge in [0.05, 0.1) is 12.2 Å². The zero-order chi connectivity index (χ0) is 13.6. The lowest BCUT2D eigenvalue weighted by atomic mass is 9.80. The van der Waals surface area contributed by atoms with Crippen LogP contribution in [0.15, 0.2) is 24.3 Å². The van der Waals surface area contributed by atoms with Gasteiger partial charge in [0.1, 0.15) is 0 Å². The quantitative estimate of drug-likeness (QED) is 0.554. The summed E-state index contributed by atoms with van der Waals surface area (Å²) >= 11 is 0. The molecule has 1 aromatic carbocycles. The maximum atomic E-state index is 9.06. The first-order valence-electron chi connectivity index (χ1n) is 6.02. The standard InChI is InChI=1S/C13H21BO4/c1-13(2,17-3)7-8-18-10-11-5-4-6-12(9-11)14(15)16/h4-6,9,15-16H,7-8,10H2,1-3H3. The van der Waals surface area contributed by atoms with Crippen LogP contribution in [0, 0.1) is 0 Å². The Morgan fingerprint density at radius 2 is 2.00 bits per heavy atom. The second-order valence-corrected chi connectivity index (χ2v) is 4.89. The molecular weight excluding hydrogens is 231 g/mol. The number of hydrogen-bond acceptors (Lipinski definition) is 4. The molecule has 0 aromatic heterocycles. The lowest BCUT2D eigenvalue weighted by Gasteiger charge is -2.22. The molecule has 0 saturated heterocycles. The Labute approximate surface area is 109 Å². The van der Waals surface area contributed by atoms with Crippen LogP contribution in [-0.4, -0.2) is 36.5 Å². The lowest BCUT2D eigenvalue weighted by molar-refractivity contribution is -0.0124. The molecule has 0 saturated carbocycles. The minimum atomic E-state index is -1.43. The van der Waals surface area contributed by atoms with E-state index in [0.717, 1.165) is 12.0 Å². The number of rotatable bonds is 7. The molecule has 0 atom stereocenters. The highest BCUT2D eigenvalue weighted by atomic mass is 16.5. The molecule has 0 fully saturated rings. The molecule has 0 aliphatic rings. The summed E-state index contributed by atoms with van der Waals surface area (Å²) < 4.78 is 10.8. The molecule has 0 aliphatic heterocycles. The molecule has 5 heteroatoms. The van der Waals surface area contributed by atoms with E-state index in [-0.39, 0.29) is 5.60 Å². The van der Waals surface area contributed by atoms with Crippen molar-refractivity contribution in [2.75, 3.05) is 13.7 Å². The highest BCUT2D eigenvalue weighted by molar-refractivity contribution is 6.58. The van der Waals surface area contributed by atoms with Crippen LogP contribution in [0.1, 0.15) is 25.8 Å². The Morgan fingerprint density at radius 1 is 1.28 bits per heavy atom. The fraction of sp³-hybridized carbons (Fsp3) is 0.538. The predicted octanol–water partition coefficient (Wildman–Crippen LogP) is 0.698. The molecular formula is C13H21BO4. The fourth-order valence-corrected chi connectivity index (χ4v) is 1.45. The minimum absolute atomic E-state index is 0.177. The number of ether oxygens (including phenoxy) is 2. The van der Waals surface area contributed by atoms with Gasteiger partial charge in [-0.15, -0.1) is 0 Å². The summed E-state index contributed by atoms with van der Waals surface area (Å²) in [5.41, 5.74) is 1.23. The highest BCUT2D eigenvalue weighted by Gasteiger charge is 2.15. The summed E-state index contributed by atoms with van der Waals surface area (Å²) in [6, 6.07) is 7.08. The largest absolute Gasteiger partial charge is 0.488 e. The van der Waals surface area contributed by atoms with Crippen molar-refractivity contribution in [2.24, 2.45) is 0 Å². The topological polar surface area (TPSA) is 58.9 Å². The third-order valence-corrected chi connectivity index (χ3v) is 2.92. The van der Waals surface area contributed by atoms with Gasteiger partial charge in [-0.3, -0.25) is 0 Å². The monoisotopic (exact) mass is 252 g/mol. The van der Waals surface area contributed by atoms with E-state index in [1.54, 1.807) is 25.3 Å². The minimum Gasteiger partial charge on any atom is -0.423 e. The van der Waals surface area contributed by atoms with Crippen molar-refractivity contribution in [3.8, 4) is 0 Å². The molecule has 4 nitrogen and oxygen atoms in total. The van der Waals surface area contributed by atoms with Crippen LogP contribution in [-0.2, 0) is 16.1 Å². The van der Waals surface area contributed by atoms with E-state index in [1.807, 2.05) is 19.9 Å². The van der Waals surface area contributed by atoms with Gasteiger partial charge in [0.25, 0.3) is 0 Å². The van der Waals surface area contributed by atoms with Crippen LogP contribution in [0.5, 0.6) is 0 Å². The van der Waals surface area contributed by atoms with Gasteiger partial charge in [-0.25, -0.2) is 0 Å². The first-order chi connectivity index (χ1) is 8.44. The second-order valence-electron chi connectivity index (χ2n) is 4.89. The van der Waals surface area contributed by atoms with Gasteiger partial charge >= 0.3 is 7.12 Å². The molecule has 100 valence electrons. The summed E-state index contributed by atoms with van der Waals surface area (Å²) in [4.78, 5) is 0. The van der Waals surface area contributed by atoms with E-state index in [1.165, 1.54) is 0 Å². The van der Waals surface area contributed by atoms with Crippen LogP contribution in [0.25, 0.3) is 0 Å². The average molecular weight is 252 g/mol. The van der Waals surface area contributed by atoms with Crippen LogP contribution in [0.3, 0.4) is 0 Å². The maximum absolute atomic E-state index is 9.06. The SMILES string of the molecule is COC(C)(C)CCOCc1cccc(B(O)O)c1. The van der Waals surface area contributed by atoms with Crippen molar-refractivity contribution in [1.29, 1.82) is 0 Å². The maximum Gasteiger partial charge on any atom is 0.488 e. The molecule has 0 aliphatic carbocycles. The van der Waals surface area contributed by atoms with Gasteiger partial charge in [-0.2, -0.15) is 0 Å². The normalized spacial score (nSPS) is 11.6. The van der Waals surface area contributed by atoms with Crippen molar-refractivity contribution >= 4 is 12.6 Å². The Morgan fingerprint density at radius 3 is 2.61 bits per heavy atom. The Hall–Kier alpha value is -0.875. The number of methoxy groups -OCH3 is 1. The molecule has 2 N–H and O–H groups in total. The van der Waals surface area contributed by atoms with E-state index in [9.17, 15) is 0 Å². The Balaban J connectivity index is 2.38. The molecule has 0 spiro atoms. The number of hydrogen-bond donors (Lipinski definition) is 2. The van der Waals surface area contributed by atoms with Crippen LogP contribution < -0.4 is 5.46 Å². The zero-order valence-corrected chi connectivity index (χ0v) is 11.2. The Bertz CT molecular complexity index is 366. The molecule has 18 heavy (non-hydrogen) atoms. The Kier molecular flexibility index (Phi) is 5.82. The van der Waals surface area contributed by atoms with E-state index in [4.69, 9.17) is 19.5 Å². The summed E-state index contributed by atoms with van der Waals surface area (Å²) in [5.74, 6) is 0. The second kappa shape index (κ2) is 6.90. The molecule has 0 radical (unpaired) electrons. The van der Waals surface area contributed by atoms with E-state index in [2.05, 4.69) is 0 Å². The third-order valence-electron chi connectivity index (χ3n) is 2.92. The summed E-state index contributed by atoms with van der Waals surface area (Å²) in [6.45, 7) is 5.09. The van der Waals surface area contributed by atoms with Crippen molar-refractivity contribution in [2.45, 2.75) is 32.5 Å². The first-order valence-corrected chi connectivity index (χ1v) is 6.02. The van der Waals surface area contributed by atoms with Crippen LogP contribution in [0.4, 0.5) is 0 Å². The van der Waals surface area contributed by atoms with E-state index in [0.29, 0.717) is 18.7 Å². The zero-order valence-electron chi connectivity index (χ0n) is 11.2. The average Bonchev–Trinajstić information content (AvgIpc) is 2.35. The first kappa shape index (κ1) is 15.2. The van der Waals surface area contributed by atoms with Gasteiger partial charge in [0.2, 0.25) is 0 Å². The van der Waals surface area contributed by atoms with Crippen LogP contribution >= 0.6 is 0 Å². The fourth-order valence-electron chi connectivity index (χ4n) is 1.45. The molecule has 1 aromatic rings. The smallest absolute Gasteiger partial charge is 0.423 e. The van der Waals surface area contributed by atoms with Crippen molar-refractivity contribution in [3.05, 3.63) is 29.8 Å². The van der Waals surface area contributed by atoms with E-state index >= 15 is 0 Å². The van der Waals surface area contributed by atoms with Crippen molar-refractivity contribution in [1.82, 2.24) is 0 Å². The lowest BCUT2D eigenvalue weighted by Crippen LogP contribution is -2.30. The van der Waals surface area contributed by atoms with Gasteiger partial charge < -0.3 is 19.5 Å². The third kappa shape index (κ3) is 5.18. The van der Waals surface area contributed by atoms with Crippen LogP contribution in [0.2, 0.25) is 0 Å². The van der Waals surface area contributed by atoms with Crippen molar-refractivity contribution in [3.63, 3.8) is 0 Å². The van der Waals surface area contributed by atoms with Gasteiger partial charge in [-0.1, -0.05) is 24.3 Å². The summed E-state index contributed by atoms with van der Waals surface area (Å²) in [5, 5.41) is 18.1. The molecule has 0 bridgehead atoms. The number of benzene rings is 1. The van der Waals surface area contributed by atoms with E-state index < -0.39 is 7.12 Å². The van der Waals surface area contributed by atoms with Crippen molar-refractivity contribution < 1.29 is 19.5 Å². The molecule has 0 amide bonds. The molecule has 1 rings (SSSR count). The summed E-state index contributed by atoms with van der Waals surface area (Å²) in [6.07, 6.45) is 0.811. The van der Waals surface area contributed by atoms with Gasteiger partial charge in [0.15, 0.2) is 0 Å². The highest BCUT2D eigenvalue weighted by Crippen LogP contribution is 2.13.